The van der Waals surface area contributed by atoms with Crippen LogP contribution in [0.2, 0.25) is 15.1 Å². The summed E-state index contributed by atoms with van der Waals surface area (Å²) in [4.78, 5) is 0. The van der Waals surface area contributed by atoms with Gasteiger partial charge in [0.15, 0.2) is 0 Å². The molecule has 0 unspecified atom stereocenters. The van der Waals surface area contributed by atoms with Crippen LogP contribution in [0.25, 0.3) is 0 Å². The molecule has 0 fully saturated rings. The van der Waals surface area contributed by atoms with Gasteiger partial charge in [0.25, 0.3) is 0 Å². The molecule has 5 heteroatoms. The van der Waals surface area contributed by atoms with Gasteiger partial charge in [-0.05, 0) is 6.07 Å². The van der Waals surface area contributed by atoms with Crippen LogP contribution >= 0.6 is 34.8 Å². The molecule has 1 rings (SSSR count). The summed E-state index contributed by atoms with van der Waals surface area (Å²) in [6.07, 6.45) is 0. The summed E-state index contributed by atoms with van der Waals surface area (Å²) >= 11 is 17.0. The summed E-state index contributed by atoms with van der Waals surface area (Å²) in [6, 6.07) is 3.23. The van der Waals surface area contributed by atoms with Crippen molar-refractivity contribution >= 4 is 40.5 Å². The average Bonchev–Trinajstić information content (AvgIpc) is 2.08. The molecule has 0 aliphatic carbocycles. The second kappa shape index (κ2) is 3.40. The van der Waals surface area contributed by atoms with Gasteiger partial charge < -0.3 is 5.73 Å². The maximum atomic E-state index is 8.57. The predicted octanol–water partition coefficient (Wildman–Crippen LogP) is 3.10. The third-order valence-corrected chi connectivity index (χ3v) is 2.60. The monoisotopic (exact) mass is 220 g/mol. The van der Waals surface area contributed by atoms with Crippen LogP contribution in [0, 0.1) is 11.3 Å². The van der Waals surface area contributed by atoms with Gasteiger partial charge in [0.2, 0.25) is 0 Å². The van der Waals surface area contributed by atoms with E-state index in [0.29, 0.717) is 0 Å². The number of nitrogens with zero attached hydrogens (tertiary/aromatic N) is 1. The lowest BCUT2D eigenvalue weighted by atomic mass is 10.2. The van der Waals surface area contributed by atoms with E-state index in [1.54, 1.807) is 0 Å². The highest BCUT2D eigenvalue weighted by molar-refractivity contribution is 6.49. The fourth-order valence-corrected chi connectivity index (χ4v) is 1.31. The fourth-order valence-electron chi connectivity index (χ4n) is 0.702. The molecular formula is C7H3Cl3N2. The molecule has 0 spiro atoms. The quantitative estimate of drug-likeness (QED) is 0.540. The summed E-state index contributed by atoms with van der Waals surface area (Å²) in [5.41, 5.74) is 5.86. The third-order valence-electron chi connectivity index (χ3n) is 1.32. The van der Waals surface area contributed by atoms with E-state index in [4.69, 9.17) is 45.8 Å². The van der Waals surface area contributed by atoms with E-state index in [1.807, 2.05) is 6.07 Å². The van der Waals surface area contributed by atoms with E-state index < -0.39 is 0 Å². The lowest BCUT2D eigenvalue weighted by molar-refractivity contribution is 1.48. The summed E-state index contributed by atoms with van der Waals surface area (Å²) in [5.74, 6) is 0. The largest absolute Gasteiger partial charge is 0.396 e. The Morgan fingerprint density at radius 3 is 2.33 bits per heavy atom. The van der Waals surface area contributed by atoms with Crippen LogP contribution in [0.3, 0.4) is 0 Å². The van der Waals surface area contributed by atoms with Crippen molar-refractivity contribution < 1.29 is 0 Å². The summed E-state index contributed by atoms with van der Waals surface area (Å²) in [6.45, 7) is 0. The van der Waals surface area contributed by atoms with Gasteiger partial charge >= 0.3 is 0 Å². The van der Waals surface area contributed by atoms with Crippen molar-refractivity contribution in [2.75, 3.05) is 5.73 Å². The number of hydrogen-bond donors (Lipinski definition) is 1. The molecular weight excluding hydrogens is 218 g/mol. The van der Waals surface area contributed by atoms with Crippen LogP contribution < -0.4 is 5.73 Å². The molecule has 62 valence electrons. The SMILES string of the molecule is N#Cc1cc(Cl)c(Cl)c(Cl)c1N. The highest BCUT2D eigenvalue weighted by Crippen LogP contribution is 2.36. The van der Waals surface area contributed by atoms with Crippen LogP contribution in [-0.2, 0) is 0 Å². The van der Waals surface area contributed by atoms with Gasteiger partial charge in [0.1, 0.15) is 6.07 Å². The van der Waals surface area contributed by atoms with Crippen LogP contribution in [0.4, 0.5) is 5.69 Å². The number of rotatable bonds is 0. The molecule has 1 aromatic rings. The molecule has 0 atom stereocenters. The van der Waals surface area contributed by atoms with Gasteiger partial charge in [-0.1, -0.05) is 34.8 Å². The Morgan fingerprint density at radius 2 is 1.83 bits per heavy atom. The van der Waals surface area contributed by atoms with Crippen LogP contribution in [0.5, 0.6) is 0 Å². The van der Waals surface area contributed by atoms with E-state index in [9.17, 15) is 0 Å². The summed E-state index contributed by atoms with van der Waals surface area (Å²) in [7, 11) is 0. The Kier molecular flexibility index (Phi) is 2.69. The molecule has 0 amide bonds. The first-order valence-electron chi connectivity index (χ1n) is 2.91. The zero-order chi connectivity index (χ0) is 9.30. The third kappa shape index (κ3) is 1.44. The van der Waals surface area contributed by atoms with E-state index in [2.05, 4.69) is 0 Å². The highest BCUT2D eigenvalue weighted by Gasteiger charge is 2.11. The number of halogens is 3. The van der Waals surface area contributed by atoms with Gasteiger partial charge in [0.05, 0.1) is 26.3 Å². The maximum Gasteiger partial charge on any atom is 0.101 e. The summed E-state index contributed by atoms with van der Waals surface area (Å²) < 4.78 is 0. The molecule has 1 aromatic carbocycles. The zero-order valence-corrected chi connectivity index (χ0v) is 8.00. The van der Waals surface area contributed by atoms with E-state index >= 15 is 0 Å². The zero-order valence-electron chi connectivity index (χ0n) is 5.74. The van der Waals surface area contributed by atoms with Crippen molar-refractivity contribution in [2.45, 2.75) is 0 Å². The van der Waals surface area contributed by atoms with Gasteiger partial charge in [0, 0.05) is 0 Å². The lowest BCUT2D eigenvalue weighted by Crippen LogP contribution is -1.92. The molecule has 0 aromatic heterocycles. The molecule has 0 aliphatic heterocycles. The number of hydrogen-bond acceptors (Lipinski definition) is 2. The van der Waals surface area contributed by atoms with Crippen LogP contribution in [-0.4, -0.2) is 0 Å². The number of benzene rings is 1. The number of nitrogens with two attached hydrogens (primary N) is 1. The van der Waals surface area contributed by atoms with Crippen LogP contribution in [0.1, 0.15) is 5.56 Å². The van der Waals surface area contributed by atoms with E-state index in [0.717, 1.165) is 0 Å². The Balaban J connectivity index is 3.52. The fraction of sp³-hybridized carbons (Fsp3) is 0. The standard InChI is InChI=1S/C7H3Cl3N2/c8-4-1-3(2-11)7(12)6(10)5(4)9/h1H,12H2. The Hall–Kier alpha value is -0.620. The Morgan fingerprint density at radius 1 is 1.25 bits per heavy atom. The molecule has 0 saturated carbocycles. The first-order valence-corrected chi connectivity index (χ1v) is 4.04. The van der Waals surface area contributed by atoms with Crippen LogP contribution in [0.15, 0.2) is 6.07 Å². The van der Waals surface area contributed by atoms with Gasteiger partial charge in [-0.15, -0.1) is 0 Å². The van der Waals surface area contributed by atoms with Gasteiger partial charge in [-0.25, -0.2) is 0 Å². The Labute approximate surface area is 84.4 Å². The van der Waals surface area contributed by atoms with Crippen molar-refractivity contribution in [3.8, 4) is 6.07 Å². The topological polar surface area (TPSA) is 49.8 Å². The Bertz CT molecular complexity index is 368. The molecule has 12 heavy (non-hydrogen) atoms. The molecule has 0 saturated heterocycles. The molecule has 0 aliphatic rings. The minimum Gasteiger partial charge on any atom is -0.396 e. The van der Waals surface area contributed by atoms with E-state index in [-0.39, 0.29) is 26.3 Å². The average molecular weight is 221 g/mol. The van der Waals surface area contributed by atoms with Gasteiger partial charge in [-0.3, -0.25) is 0 Å². The highest BCUT2D eigenvalue weighted by atomic mass is 35.5. The van der Waals surface area contributed by atoms with Crippen molar-refractivity contribution in [1.82, 2.24) is 0 Å². The summed E-state index contributed by atoms with van der Waals surface area (Å²) in [5, 5.41) is 9.10. The first-order chi connectivity index (χ1) is 5.57. The predicted molar refractivity (Wildman–Crippen MR) is 50.6 cm³/mol. The maximum absolute atomic E-state index is 8.57. The van der Waals surface area contributed by atoms with Crippen molar-refractivity contribution in [1.29, 1.82) is 5.26 Å². The number of nitriles is 1. The number of anilines is 1. The van der Waals surface area contributed by atoms with E-state index in [1.165, 1.54) is 6.07 Å². The second-order valence-corrected chi connectivity index (χ2v) is 3.22. The normalized spacial score (nSPS) is 9.50. The molecule has 2 N–H and O–H groups in total. The molecule has 0 heterocycles. The van der Waals surface area contributed by atoms with Crippen molar-refractivity contribution in [3.63, 3.8) is 0 Å². The van der Waals surface area contributed by atoms with Crippen molar-refractivity contribution in [3.05, 3.63) is 26.7 Å². The molecule has 0 bridgehead atoms. The number of nitrogen functional groups attached to an aromatic ring is 1. The lowest BCUT2D eigenvalue weighted by Gasteiger charge is -2.03. The minimum absolute atomic E-state index is 0.126. The molecule has 2 nitrogen and oxygen atoms in total. The van der Waals surface area contributed by atoms with Crippen molar-refractivity contribution in [2.24, 2.45) is 0 Å². The molecule has 0 radical (unpaired) electrons. The first kappa shape index (κ1) is 9.47. The smallest absolute Gasteiger partial charge is 0.101 e. The minimum atomic E-state index is 0.126. The second-order valence-electron chi connectivity index (χ2n) is 2.06. The van der Waals surface area contributed by atoms with Gasteiger partial charge in [-0.2, -0.15) is 5.26 Å².